The second-order valence-electron chi connectivity index (χ2n) is 4.88. The topological polar surface area (TPSA) is 58.9 Å². The van der Waals surface area contributed by atoms with Crippen LogP contribution in [0.5, 0.6) is 0 Å². The van der Waals surface area contributed by atoms with E-state index in [4.69, 9.17) is 16.3 Å². The standard InChI is InChI=1S/C15H16ClN3O2/c1-10(2)21-14(20)6-7-19-9-17-15(18-19)12-5-4-11(3)13(16)8-12/h4-10H,1-3H3/p+1/b7-6-. The van der Waals surface area contributed by atoms with Crippen LogP contribution in [0.1, 0.15) is 19.4 Å². The number of benzene rings is 1. The number of carbonyl (C=O) groups excluding carboxylic acids is 1. The molecule has 2 aromatic rings. The monoisotopic (exact) mass is 306 g/mol. The molecule has 0 bridgehead atoms. The van der Waals surface area contributed by atoms with Gasteiger partial charge in [-0.25, -0.2) is 4.79 Å². The summed E-state index contributed by atoms with van der Waals surface area (Å²) in [7, 11) is 0. The van der Waals surface area contributed by atoms with Gasteiger partial charge >= 0.3 is 12.3 Å². The van der Waals surface area contributed by atoms with Gasteiger partial charge in [0.2, 0.25) is 0 Å². The van der Waals surface area contributed by atoms with Crippen molar-refractivity contribution in [3.05, 3.63) is 41.2 Å². The van der Waals surface area contributed by atoms with E-state index in [0.29, 0.717) is 10.8 Å². The molecule has 1 N–H and O–H groups in total. The first-order chi connectivity index (χ1) is 9.95. The summed E-state index contributed by atoms with van der Waals surface area (Å²) in [4.78, 5) is 15.7. The zero-order valence-electron chi connectivity index (χ0n) is 12.1. The molecule has 0 saturated heterocycles. The Balaban J connectivity index is 2.12. The van der Waals surface area contributed by atoms with Crippen LogP contribution in [0.4, 0.5) is 0 Å². The van der Waals surface area contributed by atoms with E-state index in [1.807, 2.05) is 25.1 Å². The average molecular weight is 307 g/mol. The molecule has 5 nitrogen and oxygen atoms in total. The number of esters is 1. The maximum absolute atomic E-state index is 11.4. The summed E-state index contributed by atoms with van der Waals surface area (Å²) in [5.41, 5.74) is 1.89. The van der Waals surface area contributed by atoms with Crippen LogP contribution in [-0.4, -0.2) is 22.2 Å². The molecule has 1 aromatic heterocycles. The highest BCUT2D eigenvalue weighted by Crippen LogP contribution is 2.21. The summed E-state index contributed by atoms with van der Waals surface area (Å²) in [5.74, 6) is 0.269. The SMILES string of the molecule is Cc1ccc(-c2nc[n+](/C=C\C(=O)OC(C)C)[nH]2)cc1Cl. The Morgan fingerprint density at radius 3 is 2.90 bits per heavy atom. The number of ether oxygens (including phenoxy) is 1. The van der Waals surface area contributed by atoms with Crippen LogP contribution < -0.4 is 4.68 Å². The summed E-state index contributed by atoms with van der Waals surface area (Å²) in [6.45, 7) is 5.54. The highest BCUT2D eigenvalue weighted by molar-refractivity contribution is 6.31. The zero-order chi connectivity index (χ0) is 15.4. The molecule has 0 unspecified atom stereocenters. The Labute approximate surface area is 128 Å². The second-order valence-corrected chi connectivity index (χ2v) is 5.28. The number of hydrogen-bond donors (Lipinski definition) is 1. The van der Waals surface area contributed by atoms with E-state index in [1.165, 1.54) is 6.08 Å². The van der Waals surface area contributed by atoms with E-state index in [2.05, 4.69) is 10.1 Å². The number of H-pyrrole nitrogens is 1. The quantitative estimate of drug-likeness (QED) is 0.537. The Morgan fingerprint density at radius 2 is 2.24 bits per heavy atom. The molecule has 0 aliphatic rings. The smallest absolute Gasteiger partial charge is 0.334 e. The molecule has 2 rings (SSSR count). The first-order valence-electron chi connectivity index (χ1n) is 6.57. The Kier molecular flexibility index (Phi) is 4.75. The van der Waals surface area contributed by atoms with Gasteiger partial charge in [0.05, 0.1) is 12.2 Å². The van der Waals surface area contributed by atoms with Gasteiger partial charge in [0.15, 0.2) is 0 Å². The van der Waals surface area contributed by atoms with Gasteiger partial charge in [-0.05, 0) is 43.5 Å². The van der Waals surface area contributed by atoms with Gasteiger partial charge < -0.3 is 4.74 Å². The normalized spacial score (nSPS) is 11.3. The molecule has 1 aromatic carbocycles. The lowest BCUT2D eigenvalue weighted by Gasteiger charge is -2.02. The van der Waals surface area contributed by atoms with E-state index in [-0.39, 0.29) is 6.10 Å². The Morgan fingerprint density at radius 1 is 1.48 bits per heavy atom. The van der Waals surface area contributed by atoms with Crippen molar-refractivity contribution in [2.45, 2.75) is 26.9 Å². The fourth-order valence-corrected chi connectivity index (χ4v) is 1.85. The summed E-state index contributed by atoms with van der Waals surface area (Å²) in [6.07, 6.45) is 4.32. The van der Waals surface area contributed by atoms with Gasteiger partial charge in [-0.15, -0.1) is 4.68 Å². The largest absolute Gasteiger partial charge is 0.460 e. The second kappa shape index (κ2) is 6.54. The molecule has 0 spiro atoms. The molecule has 0 radical (unpaired) electrons. The third-order valence-electron chi connectivity index (χ3n) is 2.71. The molecule has 0 saturated carbocycles. The van der Waals surface area contributed by atoms with Crippen molar-refractivity contribution in [3.63, 3.8) is 0 Å². The number of hydrogen-bond acceptors (Lipinski definition) is 3. The highest BCUT2D eigenvalue weighted by Gasteiger charge is 2.11. The van der Waals surface area contributed by atoms with Gasteiger partial charge in [0, 0.05) is 10.6 Å². The van der Waals surface area contributed by atoms with Crippen LogP contribution in [0.3, 0.4) is 0 Å². The molecule has 1 heterocycles. The molecule has 6 heteroatoms. The van der Waals surface area contributed by atoms with Crippen molar-refractivity contribution in [1.29, 1.82) is 0 Å². The van der Waals surface area contributed by atoms with E-state index in [9.17, 15) is 4.79 Å². The van der Waals surface area contributed by atoms with Gasteiger partial charge in [0.1, 0.15) is 6.20 Å². The fourth-order valence-electron chi connectivity index (χ4n) is 1.67. The van der Waals surface area contributed by atoms with Crippen molar-refractivity contribution in [2.24, 2.45) is 0 Å². The number of aryl methyl sites for hydroxylation is 1. The number of halogens is 1. The molecule has 0 aliphatic heterocycles. The minimum atomic E-state index is -0.396. The van der Waals surface area contributed by atoms with Crippen molar-refractivity contribution >= 4 is 23.8 Å². The molecule has 0 aliphatic carbocycles. The fraction of sp³-hybridized carbons (Fsp3) is 0.267. The lowest BCUT2D eigenvalue weighted by molar-refractivity contribution is -0.630. The summed E-state index contributed by atoms with van der Waals surface area (Å²) in [5, 5.41) is 3.72. The minimum absolute atomic E-state index is 0.140. The molecular formula is C15H17ClN3O2+. The molecule has 110 valence electrons. The lowest BCUT2D eigenvalue weighted by atomic mass is 10.1. The summed E-state index contributed by atoms with van der Waals surface area (Å²) < 4.78 is 6.58. The summed E-state index contributed by atoms with van der Waals surface area (Å²) >= 11 is 6.10. The van der Waals surface area contributed by atoms with Crippen molar-refractivity contribution in [2.75, 3.05) is 0 Å². The van der Waals surface area contributed by atoms with E-state index in [0.717, 1.165) is 11.1 Å². The lowest BCUT2D eigenvalue weighted by Crippen LogP contribution is -2.27. The Hall–Kier alpha value is -2.14. The predicted molar refractivity (Wildman–Crippen MR) is 80.5 cm³/mol. The maximum atomic E-state index is 11.4. The number of nitrogens with zero attached hydrogens (tertiary/aromatic N) is 2. The van der Waals surface area contributed by atoms with Gasteiger partial charge in [0.25, 0.3) is 5.82 Å². The minimum Gasteiger partial charge on any atom is -0.460 e. The third kappa shape index (κ3) is 4.16. The number of carbonyl (C=O) groups is 1. The predicted octanol–water partition coefficient (Wildman–Crippen LogP) is 2.75. The van der Waals surface area contributed by atoms with Crippen LogP contribution in [0.25, 0.3) is 17.6 Å². The van der Waals surface area contributed by atoms with Crippen molar-refractivity contribution < 1.29 is 14.2 Å². The van der Waals surface area contributed by atoms with Gasteiger partial charge in [-0.3, -0.25) is 0 Å². The van der Waals surface area contributed by atoms with Gasteiger partial charge in [-0.1, -0.05) is 17.7 Å². The van der Waals surface area contributed by atoms with Crippen LogP contribution >= 0.6 is 11.6 Å². The van der Waals surface area contributed by atoms with E-state index >= 15 is 0 Å². The Bertz CT molecular complexity index is 677. The molecule has 0 atom stereocenters. The van der Waals surface area contributed by atoms with Crippen LogP contribution in [0.2, 0.25) is 5.02 Å². The molecular weight excluding hydrogens is 290 g/mol. The molecule has 0 fully saturated rings. The van der Waals surface area contributed by atoms with Gasteiger partial charge in [-0.2, -0.15) is 5.10 Å². The highest BCUT2D eigenvalue weighted by atomic mass is 35.5. The van der Waals surface area contributed by atoms with Crippen molar-refractivity contribution in [3.8, 4) is 11.4 Å². The van der Waals surface area contributed by atoms with Crippen LogP contribution in [0.15, 0.2) is 30.6 Å². The third-order valence-corrected chi connectivity index (χ3v) is 3.12. The zero-order valence-corrected chi connectivity index (χ0v) is 12.9. The maximum Gasteiger partial charge on any atom is 0.334 e. The van der Waals surface area contributed by atoms with Crippen LogP contribution in [0, 0.1) is 6.92 Å². The first kappa shape index (κ1) is 15.3. The summed E-state index contributed by atoms with van der Waals surface area (Å²) in [6, 6.07) is 5.71. The van der Waals surface area contributed by atoms with E-state index < -0.39 is 5.97 Å². The van der Waals surface area contributed by atoms with Crippen molar-refractivity contribution in [1.82, 2.24) is 10.1 Å². The molecule has 21 heavy (non-hydrogen) atoms. The number of aromatic amines is 1. The van der Waals surface area contributed by atoms with E-state index in [1.54, 1.807) is 31.1 Å². The first-order valence-corrected chi connectivity index (χ1v) is 6.95. The van der Waals surface area contributed by atoms with Crippen LogP contribution in [-0.2, 0) is 9.53 Å². The number of aromatic nitrogens is 3. The number of rotatable bonds is 4. The number of nitrogens with one attached hydrogen (secondary N) is 1. The molecule has 0 amide bonds. The average Bonchev–Trinajstić information content (AvgIpc) is 2.88.